The fraction of sp³-hybridized carbons (Fsp3) is 0.385. The lowest BCUT2D eigenvalue weighted by atomic mass is 10.1. The molecule has 1 aromatic rings. The molecule has 0 unspecified atom stereocenters. The Kier molecular flexibility index (Phi) is 3.92. The summed E-state index contributed by atoms with van der Waals surface area (Å²) in [6.45, 7) is 1.77. The molecule has 0 aliphatic carbocycles. The van der Waals surface area contributed by atoms with Crippen LogP contribution in [0.4, 0.5) is 0 Å². The first-order chi connectivity index (χ1) is 8.15. The fourth-order valence-corrected chi connectivity index (χ4v) is 2.02. The van der Waals surface area contributed by atoms with Crippen molar-refractivity contribution in [3.8, 4) is 0 Å². The van der Waals surface area contributed by atoms with Crippen molar-refractivity contribution >= 4 is 23.2 Å². The Morgan fingerprint density at radius 3 is 2.35 bits per heavy atom. The number of hydrogen-bond acceptors (Lipinski definition) is 3. The summed E-state index contributed by atoms with van der Waals surface area (Å²) in [6, 6.07) is 6.91. The lowest BCUT2D eigenvalue weighted by Gasteiger charge is -2.24. The number of halogens is 1. The third kappa shape index (κ3) is 3.38. The van der Waals surface area contributed by atoms with Crippen molar-refractivity contribution < 1.29 is 9.59 Å². The van der Waals surface area contributed by atoms with E-state index in [2.05, 4.69) is 0 Å². The Hall–Kier alpha value is -1.19. The molecular weight excluding hydrogens is 238 g/mol. The number of piperidine rings is 1. The first-order valence-electron chi connectivity index (χ1n) is 5.68. The van der Waals surface area contributed by atoms with Gasteiger partial charge in [-0.05, 0) is 24.3 Å². The van der Waals surface area contributed by atoms with Gasteiger partial charge in [0.1, 0.15) is 5.78 Å². The number of likely N-dealkylation sites (tertiary alicyclic amines) is 1. The second-order valence-electron chi connectivity index (χ2n) is 4.24. The van der Waals surface area contributed by atoms with Gasteiger partial charge in [0, 0.05) is 36.5 Å². The van der Waals surface area contributed by atoms with E-state index in [4.69, 9.17) is 11.6 Å². The van der Waals surface area contributed by atoms with E-state index in [1.165, 1.54) is 0 Å². The molecule has 90 valence electrons. The summed E-state index contributed by atoms with van der Waals surface area (Å²) in [4.78, 5) is 25.0. The summed E-state index contributed by atoms with van der Waals surface area (Å²) in [7, 11) is 0. The van der Waals surface area contributed by atoms with Crippen LogP contribution in [0.3, 0.4) is 0 Å². The lowest BCUT2D eigenvalue weighted by molar-refractivity contribution is -0.121. The topological polar surface area (TPSA) is 37.4 Å². The maximum Gasteiger partial charge on any atom is 0.176 e. The third-order valence-electron chi connectivity index (χ3n) is 2.95. The summed E-state index contributed by atoms with van der Waals surface area (Å²) in [5.74, 6) is 0.371. The average Bonchev–Trinajstić information content (AvgIpc) is 2.33. The molecule has 1 heterocycles. The van der Waals surface area contributed by atoms with Gasteiger partial charge in [0.2, 0.25) is 0 Å². The number of rotatable bonds is 3. The smallest absolute Gasteiger partial charge is 0.176 e. The summed E-state index contributed by atoms with van der Waals surface area (Å²) in [6.07, 6.45) is 1.13. The van der Waals surface area contributed by atoms with Crippen molar-refractivity contribution in [2.24, 2.45) is 0 Å². The molecule has 0 bridgehead atoms. The van der Waals surface area contributed by atoms with Crippen molar-refractivity contribution in [1.29, 1.82) is 0 Å². The zero-order chi connectivity index (χ0) is 12.3. The van der Waals surface area contributed by atoms with Crippen molar-refractivity contribution in [1.82, 2.24) is 4.90 Å². The Morgan fingerprint density at radius 2 is 1.76 bits per heavy atom. The van der Waals surface area contributed by atoms with Gasteiger partial charge in [-0.1, -0.05) is 11.6 Å². The summed E-state index contributed by atoms with van der Waals surface area (Å²) < 4.78 is 0. The highest BCUT2D eigenvalue weighted by Gasteiger charge is 2.18. The van der Waals surface area contributed by atoms with Crippen LogP contribution in [0.1, 0.15) is 23.2 Å². The standard InChI is InChI=1S/C13H14ClNO2/c14-11-3-1-10(2-4-11)13(17)9-15-7-5-12(16)6-8-15/h1-4H,5-9H2. The van der Waals surface area contributed by atoms with Gasteiger partial charge in [0.25, 0.3) is 0 Å². The van der Waals surface area contributed by atoms with Crippen molar-refractivity contribution in [3.05, 3.63) is 34.9 Å². The van der Waals surface area contributed by atoms with Crippen LogP contribution in [0.2, 0.25) is 5.02 Å². The van der Waals surface area contributed by atoms with Crippen LogP contribution < -0.4 is 0 Å². The van der Waals surface area contributed by atoms with Gasteiger partial charge in [0.05, 0.1) is 6.54 Å². The zero-order valence-corrected chi connectivity index (χ0v) is 10.2. The van der Waals surface area contributed by atoms with Gasteiger partial charge in [-0.15, -0.1) is 0 Å². The molecule has 0 spiro atoms. The SMILES string of the molecule is O=C1CCN(CC(=O)c2ccc(Cl)cc2)CC1. The first kappa shape index (κ1) is 12.3. The predicted octanol–water partition coefficient (Wildman–Crippen LogP) is 2.19. The zero-order valence-electron chi connectivity index (χ0n) is 9.49. The Balaban J connectivity index is 1.93. The van der Waals surface area contributed by atoms with Gasteiger partial charge in [-0.25, -0.2) is 0 Å². The van der Waals surface area contributed by atoms with Crippen LogP contribution >= 0.6 is 11.6 Å². The molecule has 0 aromatic heterocycles. The van der Waals surface area contributed by atoms with Gasteiger partial charge in [-0.3, -0.25) is 14.5 Å². The molecule has 2 rings (SSSR count). The third-order valence-corrected chi connectivity index (χ3v) is 3.20. The van der Waals surface area contributed by atoms with E-state index in [1.807, 2.05) is 4.90 Å². The maximum atomic E-state index is 11.9. The van der Waals surface area contributed by atoms with E-state index >= 15 is 0 Å². The van der Waals surface area contributed by atoms with Crippen LogP contribution in [0.5, 0.6) is 0 Å². The molecule has 1 aromatic carbocycles. The molecule has 1 aliphatic heterocycles. The summed E-state index contributed by atoms with van der Waals surface area (Å²) in [5, 5.41) is 0.630. The second kappa shape index (κ2) is 5.43. The number of hydrogen-bond donors (Lipinski definition) is 0. The minimum atomic E-state index is 0.0796. The highest BCUT2D eigenvalue weighted by molar-refractivity contribution is 6.30. The van der Waals surface area contributed by atoms with Crippen molar-refractivity contribution in [2.45, 2.75) is 12.8 Å². The molecule has 17 heavy (non-hydrogen) atoms. The number of Topliss-reactive ketones (excluding diaryl/α,β-unsaturated/α-hetero) is 2. The molecule has 0 radical (unpaired) electrons. The van der Waals surface area contributed by atoms with Crippen LogP contribution in [0.25, 0.3) is 0 Å². The predicted molar refractivity (Wildman–Crippen MR) is 66.5 cm³/mol. The minimum absolute atomic E-state index is 0.0796. The molecule has 3 nitrogen and oxygen atoms in total. The highest BCUT2D eigenvalue weighted by atomic mass is 35.5. The second-order valence-corrected chi connectivity index (χ2v) is 4.68. The van der Waals surface area contributed by atoms with E-state index in [-0.39, 0.29) is 5.78 Å². The van der Waals surface area contributed by atoms with Gasteiger partial charge < -0.3 is 0 Å². The Labute approximate surface area is 105 Å². The monoisotopic (exact) mass is 251 g/mol. The number of benzene rings is 1. The molecule has 1 saturated heterocycles. The van der Waals surface area contributed by atoms with E-state index in [1.54, 1.807) is 24.3 Å². The van der Waals surface area contributed by atoms with Crippen LogP contribution in [0.15, 0.2) is 24.3 Å². The fourth-order valence-electron chi connectivity index (χ4n) is 1.89. The lowest BCUT2D eigenvalue weighted by Crippen LogP contribution is -2.37. The molecule has 4 heteroatoms. The van der Waals surface area contributed by atoms with Crippen LogP contribution in [-0.2, 0) is 4.79 Å². The van der Waals surface area contributed by atoms with Crippen LogP contribution in [-0.4, -0.2) is 36.1 Å². The van der Waals surface area contributed by atoms with Gasteiger partial charge in [0.15, 0.2) is 5.78 Å². The normalized spacial score (nSPS) is 17.1. The largest absolute Gasteiger partial charge is 0.300 e. The quantitative estimate of drug-likeness (QED) is 0.773. The summed E-state index contributed by atoms with van der Waals surface area (Å²) >= 11 is 5.77. The van der Waals surface area contributed by atoms with Crippen molar-refractivity contribution in [3.63, 3.8) is 0 Å². The number of ketones is 2. The van der Waals surface area contributed by atoms with Crippen molar-refractivity contribution in [2.75, 3.05) is 19.6 Å². The number of carbonyl (C=O) groups is 2. The molecule has 0 saturated carbocycles. The van der Waals surface area contributed by atoms with Gasteiger partial charge >= 0.3 is 0 Å². The maximum absolute atomic E-state index is 11.9. The average molecular weight is 252 g/mol. The molecule has 1 aliphatic rings. The number of carbonyl (C=O) groups excluding carboxylic acids is 2. The van der Waals surface area contributed by atoms with Crippen LogP contribution in [0, 0.1) is 0 Å². The van der Waals surface area contributed by atoms with Gasteiger partial charge in [-0.2, -0.15) is 0 Å². The molecular formula is C13H14ClNO2. The molecule has 0 atom stereocenters. The highest BCUT2D eigenvalue weighted by Crippen LogP contribution is 2.12. The van der Waals surface area contributed by atoms with E-state index in [0.717, 1.165) is 0 Å². The van der Waals surface area contributed by atoms with E-state index in [0.29, 0.717) is 48.8 Å². The van der Waals surface area contributed by atoms with E-state index in [9.17, 15) is 9.59 Å². The number of nitrogens with zero attached hydrogens (tertiary/aromatic N) is 1. The minimum Gasteiger partial charge on any atom is -0.300 e. The van der Waals surface area contributed by atoms with E-state index < -0.39 is 0 Å². The Morgan fingerprint density at radius 1 is 1.18 bits per heavy atom. The Bertz CT molecular complexity index is 418. The molecule has 0 amide bonds. The summed E-state index contributed by atoms with van der Waals surface area (Å²) in [5.41, 5.74) is 0.673. The first-order valence-corrected chi connectivity index (χ1v) is 6.06. The molecule has 0 N–H and O–H groups in total. The molecule has 1 fully saturated rings.